The molecule has 0 aliphatic carbocycles. The van der Waals surface area contributed by atoms with Gasteiger partial charge in [-0.1, -0.05) is 13.8 Å². The van der Waals surface area contributed by atoms with E-state index >= 15 is 0 Å². The molecule has 0 spiro atoms. The number of nitrogens with one attached hydrogen (secondary N) is 2. The molecule has 0 fully saturated rings. The molecule has 1 aliphatic heterocycles. The second kappa shape index (κ2) is 8.00. The Labute approximate surface area is 127 Å². The number of aromatic nitrogens is 3. The van der Waals surface area contributed by atoms with Crippen molar-refractivity contribution >= 4 is 5.96 Å². The van der Waals surface area contributed by atoms with Crippen LogP contribution in [0.5, 0.6) is 0 Å². The van der Waals surface area contributed by atoms with Gasteiger partial charge in [0.15, 0.2) is 11.8 Å². The van der Waals surface area contributed by atoms with Crippen molar-refractivity contribution in [2.24, 2.45) is 10.9 Å². The SMILES string of the molecule is CCNC(=NCc1nnc2n1CCC2)NCCCC(C)C. The Balaban J connectivity index is 1.85. The fourth-order valence-corrected chi connectivity index (χ4v) is 2.54. The van der Waals surface area contributed by atoms with Crippen molar-refractivity contribution in [2.45, 2.75) is 59.5 Å². The van der Waals surface area contributed by atoms with Gasteiger partial charge in [-0.25, -0.2) is 4.99 Å². The highest BCUT2D eigenvalue weighted by Gasteiger charge is 2.16. The summed E-state index contributed by atoms with van der Waals surface area (Å²) in [6.45, 7) is 10.0. The van der Waals surface area contributed by atoms with Crippen LogP contribution in [-0.2, 0) is 19.5 Å². The first-order valence-electron chi connectivity index (χ1n) is 8.13. The summed E-state index contributed by atoms with van der Waals surface area (Å²) < 4.78 is 2.20. The number of hydrogen-bond acceptors (Lipinski definition) is 3. The van der Waals surface area contributed by atoms with Crippen LogP contribution in [0.25, 0.3) is 0 Å². The molecule has 2 rings (SSSR count). The van der Waals surface area contributed by atoms with Crippen molar-refractivity contribution in [1.29, 1.82) is 0 Å². The molecule has 118 valence electrons. The van der Waals surface area contributed by atoms with Crippen molar-refractivity contribution in [3.8, 4) is 0 Å². The molecule has 0 aromatic carbocycles. The van der Waals surface area contributed by atoms with Crippen LogP contribution in [0.1, 0.15) is 51.7 Å². The summed E-state index contributed by atoms with van der Waals surface area (Å²) in [5, 5.41) is 15.1. The second-order valence-electron chi connectivity index (χ2n) is 5.95. The van der Waals surface area contributed by atoms with E-state index < -0.39 is 0 Å². The molecule has 21 heavy (non-hydrogen) atoms. The number of fused-ring (bicyclic) bond motifs is 1. The quantitative estimate of drug-likeness (QED) is 0.456. The first-order chi connectivity index (χ1) is 10.2. The summed E-state index contributed by atoms with van der Waals surface area (Å²) in [4.78, 5) is 4.62. The molecule has 0 saturated carbocycles. The van der Waals surface area contributed by atoms with Crippen LogP contribution in [0.4, 0.5) is 0 Å². The third-order valence-corrected chi connectivity index (χ3v) is 3.66. The van der Waals surface area contributed by atoms with Crippen molar-refractivity contribution in [3.05, 3.63) is 11.6 Å². The van der Waals surface area contributed by atoms with Gasteiger partial charge in [-0.05, 0) is 32.1 Å². The highest BCUT2D eigenvalue weighted by atomic mass is 15.3. The highest BCUT2D eigenvalue weighted by Crippen LogP contribution is 2.14. The Morgan fingerprint density at radius 1 is 1.33 bits per heavy atom. The van der Waals surface area contributed by atoms with Gasteiger partial charge < -0.3 is 15.2 Å². The van der Waals surface area contributed by atoms with Crippen LogP contribution in [-0.4, -0.2) is 33.8 Å². The van der Waals surface area contributed by atoms with Gasteiger partial charge in [-0.3, -0.25) is 0 Å². The number of aliphatic imine (C=N–C) groups is 1. The Morgan fingerprint density at radius 2 is 2.19 bits per heavy atom. The van der Waals surface area contributed by atoms with Crippen LogP contribution < -0.4 is 10.6 Å². The molecule has 0 bridgehead atoms. The molecule has 0 amide bonds. The highest BCUT2D eigenvalue weighted by molar-refractivity contribution is 5.79. The maximum Gasteiger partial charge on any atom is 0.191 e. The van der Waals surface area contributed by atoms with Crippen molar-refractivity contribution in [2.75, 3.05) is 13.1 Å². The van der Waals surface area contributed by atoms with Gasteiger partial charge >= 0.3 is 0 Å². The normalized spacial score (nSPS) is 14.6. The third-order valence-electron chi connectivity index (χ3n) is 3.66. The second-order valence-corrected chi connectivity index (χ2v) is 5.95. The van der Waals surface area contributed by atoms with Crippen molar-refractivity contribution in [1.82, 2.24) is 25.4 Å². The molecule has 6 heteroatoms. The first kappa shape index (κ1) is 15.8. The lowest BCUT2D eigenvalue weighted by Gasteiger charge is -2.12. The average molecular weight is 292 g/mol. The van der Waals surface area contributed by atoms with Crippen LogP contribution >= 0.6 is 0 Å². The predicted molar refractivity (Wildman–Crippen MR) is 85.2 cm³/mol. The molecule has 0 unspecified atom stereocenters. The molecule has 1 aromatic rings. The van der Waals surface area contributed by atoms with E-state index in [-0.39, 0.29) is 0 Å². The van der Waals surface area contributed by atoms with Gasteiger partial charge in [0.2, 0.25) is 0 Å². The molecule has 0 radical (unpaired) electrons. The van der Waals surface area contributed by atoms with E-state index in [1.807, 2.05) is 0 Å². The Kier molecular flexibility index (Phi) is 6.02. The summed E-state index contributed by atoms with van der Waals surface area (Å²) >= 11 is 0. The van der Waals surface area contributed by atoms with E-state index in [0.717, 1.165) is 49.6 Å². The van der Waals surface area contributed by atoms with Crippen LogP contribution in [0.15, 0.2) is 4.99 Å². The van der Waals surface area contributed by atoms with E-state index in [1.165, 1.54) is 19.3 Å². The van der Waals surface area contributed by atoms with E-state index in [1.54, 1.807) is 0 Å². The molecule has 0 saturated heterocycles. The minimum Gasteiger partial charge on any atom is -0.357 e. The van der Waals surface area contributed by atoms with Gasteiger partial charge in [-0.2, -0.15) is 0 Å². The Bertz CT molecular complexity index is 463. The number of rotatable bonds is 7. The summed E-state index contributed by atoms with van der Waals surface area (Å²) in [6.07, 6.45) is 4.63. The van der Waals surface area contributed by atoms with E-state index in [4.69, 9.17) is 0 Å². The van der Waals surface area contributed by atoms with Crippen molar-refractivity contribution < 1.29 is 0 Å². The van der Waals surface area contributed by atoms with Gasteiger partial charge in [0.05, 0.1) is 0 Å². The van der Waals surface area contributed by atoms with Crippen LogP contribution in [0, 0.1) is 5.92 Å². The molecule has 6 nitrogen and oxygen atoms in total. The maximum atomic E-state index is 4.62. The molecule has 1 aromatic heterocycles. The zero-order chi connectivity index (χ0) is 15.1. The fraction of sp³-hybridized carbons (Fsp3) is 0.800. The molecular weight excluding hydrogens is 264 g/mol. The van der Waals surface area contributed by atoms with E-state index in [9.17, 15) is 0 Å². The largest absolute Gasteiger partial charge is 0.357 e. The van der Waals surface area contributed by atoms with Gasteiger partial charge in [0.1, 0.15) is 12.4 Å². The van der Waals surface area contributed by atoms with Gasteiger partial charge in [-0.15, -0.1) is 10.2 Å². The zero-order valence-electron chi connectivity index (χ0n) is 13.5. The summed E-state index contributed by atoms with van der Waals surface area (Å²) in [5.74, 6) is 3.71. The number of nitrogens with zero attached hydrogens (tertiary/aromatic N) is 4. The number of hydrogen-bond donors (Lipinski definition) is 2. The minimum atomic E-state index is 0.590. The van der Waals surface area contributed by atoms with E-state index in [0.29, 0.717) is 6.54 Å². The summed E-state index contributed by atoms with van der Waals surface area (Å²) in [5.41, 5.74) is 0. The number of aryl methyl sites for hydroxylation is 1. The van der Waals surface area contributed by atoms with Gasteiger partial charge in [0.25, 0.3) is 0 Å². The average Bonchev–Trinajstić information content (AvgIpc) is 3.04. The smallest absolute Gasteiger partial charge is 0.191 e. The lowest BCUT2D eigenvalue weighted by molar-refractivity contribution is 0.549. The monoisotopic (exact) mass is 292 g/mol. The van der Waals surface area contributed by atoms with Crippen LogP contribution in [0.2, 0.25) is 0 Å². The molecular formula is C15H28N6. The maximum absolute atomic E-state index is 4.62. The lowest BCUT2D eigenvalue weighted by atomic mass is 10.1. The van der Waals surface area contributed by atoms with Crippen LogP contribution in [0.3, 0.4) is 0 Å². The Hall–Kier alpha value is -1.59. The topological polar surface area (TPSA) is 67.1 Å². The van der Waals surface area contributed by atoms with Crippen molar-refractivity contribution in [3.63, 3.8) is 0 Å². The lowest BCUT2D eigenvalue weighted by Crippen LogP contribution is -2.37. The minimum absolute atomic E-state index is 0.590. The molecule has 2 heterocycles. The van der Waals surface area contributed by atoms with Gasteiger partial charge in [0, 0.05) is 26.1 Å². The zero-order valence-corrected chi connectivity index (χ0v) is 13.5. The molecule has 0 atom stereocenters. The fourth-order valence-electron chi connectivity index (χ4n) is 2.54. The number of guanidine groups is 1. The predicted octanol–water partition coefficient (Wildman–Crippen LogP) is 1.72. The van der Waals surface area contributed by atoms with E-state index in [2.05, 4.69) is 51.2 Å². The summed E-state index contributed by atoms with van der Waals surface area (Å²) in [7, 11) is 0. The first-order valence-corrected chi connectivity index (χ1v) is 8.13. The third kappa shape index (κ3) is 4.72. The summed E-state index contributed by atoms with van der Waals surface area (Å²) in [6, 6.07) is 0. The molecule has 1 aliphatic rings. The molecule has 2 N–H and O–H groups in total. The standard InChI is InChI=1S/C15H28N6/c1-4-16-15(17-9-5-7-12(2)3)18-11-14-20-19-13-8-6-10-21(13)14/h12H,4-11H2,1-3H3,(H2,16,17,18). The Morgan fingerprint density at radius 3 is 2.95 bits per heavy atom.